The van der Waals surface area contributed by atoms with Gasteiger partial charge in [-0.05, 0) is 46.5 Å². The average molecular weight is 278 g/mol. The van der Waals surface area contributed by atoms with Crippen molar-refractivity contribution in [1.82, 2.24) is 10.2 Å². The van der Waals surface area contributed by atoms with E-state index < -0.39 is 0 Å². The van der Waals surface area contributed by atoms with Crippen LogP contribution in [0.2, 0.25) is 0 Å². The Morgan fingerprint density at radius 2 is 2.15 bits per heavy atom. The number of carbonyl (C=O) groups excluding carboxylic acids is 2. The highest BCUT2D eigenvalue weighted by molar-refractivity contribution is 5.89. The Morgan fingerprint density at radius 1 is 1.40 bits per heavy atom. The second-order valence-electron chi connectivity index (χ2n) is 6.90. The van der Waals surface area contributed by atoms with Gasteiger partial charge < -0.3 is 10.2 Å². The van der Waals surface area contributed by atoms with Gasteiger partial charge in [-0.15, -0.1) is 0 Å². The second kappa shape index (κ2) is 5.98. The van der Waals surface area contributed by atoms with Crippen molar-refractivity contribution in [2.45, 2.75) is 58.4 Å². The summed E-state index contributed by atoms with van der Waals surface area (Å²) in [5.74, 6) is -0.0722. The maximum absolute atomic E-state index is 12.2. The molecule has 1 N–H and O–H groups in total. The molecule has 0 radical (unpaired) electrons. The van der Waals surface area contributed by atoms with Gasteiger partial charge in [-0.1, -0.05) is 11.6 Å². The van der Waals surface area contributed by atoms with Gasteiger partial charge >= 0.3 is 0 Å². The van der Waals surface area contributed by atoms with Crippen LogP contribution in [-0.4, -0.2) is 35.3 Å². The molecule has 2 aliphatic rings. The van der Waals surface area contributed by atoms with E-state index in [1.807, 2.05) is 25.7 Å². The van der Waals surface area contributed by atoms with Crippen LogP contribution in [0.5, 0.6) is 0 Å². The van der Waals surface area contributed by atoms with Crippen molar-refractivity contribution in [2.75, 3.05) is 13.1 Å². The molecule has 1 saturated heterocycles. The van der Waals surface area contributed by atoms with Gasteiger partial charge in [0.25, 0.3) is 0 Å². The molecule has 1 aliphatic carbocycles. The number of rotatable bonds is 3. The van der Waals surface area contributed by atoms with E-state index in [1.54, 1.807) is 0 Å². The average Bonchev–Trinajstić information content (AvgIpc) is 2.79. The number of carbonyl (C=O) groups is 2. The minimum atomic E-state index is -0.196. The second-order valence-corrected chi connectivity index (χ2v) is 6.90. The maximum Gasteiger partial charge on any atom is 0.225 e. The molecule has 1 heterocycles. The number of likely N-dealkylation sites (tertiary alicyclic amines) is 1. The predicted octanol–water partition coefficient (Wildman–Crippen LogP) is 2.25. The molecule has 1 atom stereocenters. The van der Waals surface area contributed by atoms with Gasteiger partial charge in [0, 0.05) is 25.0 Å². The van der Waals surface area contributed by atoms with Gasteiger partial charge in [0.2, 0.25) is 11.8 Å². The summed E-state index contributed by atoms with van der Waals surface area (Å²) in [5.41, 5.74) is 1.14. The van der Waals surface area contributed by atoms with Gasteiger partial charge in [-0.3, -0.25) is 9.59 Å². The highest BCUT2D eigenvalue weighted by Gasteiger charge is 2.39. The third kappa shape index (κ3) is 3.62. The fourth-order valence-corrected chi connectivity index (χ4v) is 2.94. The number of hydrogen-bond acceptors (Lipinski definition) is 2. The van der Waals surface area contributed by atoms with E-state index in [4.69, 9.17) is 0 Å². The van der Waals surface area contributed by atoms with Crippen molar-refractivity contribution in [2.24, 2.45) is 5.92 Å². The van der Waals surface area contributed by atoms with Gasteiger partial charge in [0.05, 0.1) is 5.92 Å². The lowest BCUT2D eigenvalue weighted by Crippen LogP contribution is -2.43. The molecule has 1 aliphatic heterocycles. The number of hydrogen-bond donors (Lipinski definition) is 1. The first-order valence-electron chi connectivity index (χ1n) is 7.64. The maximum atomic E-state index is 12.2. The Hall–Kier alpha value is -1.32. The summed E-state index contributed by atoms with van der Waals surface area (Å²) >= 11 is 0. The number of nitrogens with one attached hydrogen (secondary N) is 1. The van der Waals surface area contributed by atoms with Crippen LogP contribution in [0.3, 0.4) is 0 Å². The van der Waals surface area contributed by atoms with E-state index in [1.165, 1.54) is 18.4 Å². The fraction of sp³-hybridized carbons (Fsp3) is 0.750. The van der Waals surface area contributed by atoms with E-state index >= 15 is 0 Å². The molecule has 0 aromatic heterocycles. The molecule has 0 unspecified atom stereocenters. The lowest BCUT2D eigenvalue weighted by molar-refractivity contribution is -0.132. The van der Waals surface area contributed by atoms with Crippen LogP contribution < -0.4 is 5.32 Å². The lowest BCUT2D eigenvalue weighted by Gasteiger charge is -2.32. The molecule has 0 aromatic carbocycles. The minimum Gasteiger partial charge on any atom is -0.352 e. The molecule has 112 valence electrons. The van der Waals surface area contributed by atoms with Crippen molar-refractivity contribution < 1.29 is 9.59 Å². The molecular weight excluding hydrogens is 252 g/mol. The Kier molecular flexibility index (Phi) is 4.51. The third-order valence-corrected chi connectivity index (χ3v) is 4.18. The summed E-state index contributed by atoms with van der Waals surface area (Å²) in [6.45, 7) is 7.24. The van der Waals surface area contributed by atoms with Crippen LogP contribution in [0.4, 0.5) is 0 Å². The van der Waals surface area contributed by atoms with Crippen molar-refractivity contribution in [3.05, 3.63) is 11.6 Å². The van der Waals surface area contributed by atoms with Crippen LogP contribution in [0.25, 0.3) is 0 Å². The van der Waals surface area contributed by atoms with E-state index in [2.05, 4.69) is 11.4 Å². The van der Waals surface area contributed by atoms with Gasteiger partial charge in [0.1, 0.15) is 0 Å². The molecule has 4 nitrogen and oxygen atoms in total. The van der Waals surface area contributed by atoms with Crippen LogP contribution in [0.15, 0.2) is 11.6 Å². The summed E-state index contributed by atoms with van der Waals surface area (Å²) < 4.78 is 0. The SMILES string of the molecule is CC(C)(C)N1C[C@H](C(=O)NCC2=CCCCC2)CC1=O. The zero-order valence-corrected chi connectivity index (χ0v) is 12.9. The quantitative estimate of drug-likeness (QED) is 0.805. The third-order valence-electron chi connectivity index (χ3n) is 4.18. The Balaban J connectivity index is 1.85. The molecule has 0 saturated carbocycles. The summed E-state index contributed by atoms with van der Waals surface area (Å²) in [4.78, 5) is 26.0. The highest BCUT2D eigenvalue weighted by atomic mass is 16.2. The van der Waals surface area contributed by atoms with Crippen LogP contribution in [0.1, 0.15) is 52.9 Å². The van der Waals surface area contributed by atoms with E-state index in [0.717, 1.165) is 12.8 Å². The van der Waals surface area contributed by atoms with E-state index in [-0.39, 0.29) is 23.3 Å². The summed E-state index contributed by atoms with van der Waals surface area (Å²) in [6.07, 6.45) is 7.30. The number of amides is 2. The zero-order chi connectivity index (χ0) is 14.8. The minimum absolute atomic E-state index is 0.0246. The molecule has 2 amide bonds. The van der Waals surface area contributed by atoms with Gasteiger partial charge in [-0.2, -0.15) is 0 Å². The molecule has 0 spiro atoms. The monoisotopic (exact) mass is 278 g/mol. The largest absolute Gasteiger partial charge is 0.352 e. The van der Waals surface area contributed by atoms with Crippen LogP contribution >= 0.6 is 0 Å². The van der Waals surface area contributed by atoms with E-state index in [9.17, 15) is 9.59 Å². The first kappa shape index (κ1) is 15.1. The van der Waals surface area contributed by atoms with Gasteiger partial charge in [0.15, 0.2) is 0 Å². The van der Waals surface area contributed by atoms with Crippen LogP contribution in [-0.2, 0) is 9.59 Å². The fourth-order valence-electron chi connectivity index (χ4n) is 2.94. The number of allylic oxidation sites excluding steroid dienone is 1. The molecule has 0 bridgehead atoms. The molecule has 1 fully saturated rings. The standard InChI is InChI=1S/C16H26N2O2/c1-16(2,3)18-11-13(9-14(18)19)15(20)17-10-12-7-5-4-6-8-12/h7,13H,4-6,8-11H2,1-3H3,(H,17,20)/t13-/m1/s1. The summed E-state index contributed by atoms with van der Waals surface area (Å²) in [6, 6.07) is 0. The first-order chi connectivity index (χ1) is 9.38. The predicted molar refractivity (Wildman–Crippen MR) is 79.1 cm³/mol. The molecular formula is C16H26N2O2. The van der Waals surface area contributed by atoms with Crippen LogP contribution in [0, 0.1) is 5.92 Å². The summed E-state index contributed by atoms with van der Waals surface area (Å²) in [7, 11) is 0. The van der Waals surface area contributed by atoms with Gasteiger partial charge in [-0.25, -0.2) is 0 Å². The van der Waals surface area contributed by atoms with Crippen molar-refractivity contribution in [1.29, 1.82) is 0 Å². The first-order valence-corrected chi connectivity index (χ1v) is 7.64. The topological polar surface area (TPSA) is 49.4 Å². The van der Waals surface area contributed by atoms with Crippen molar-refractivity contribution in [3.63, 3.8) is 0 Å². The van der Waals surface area contributed by atoms with Crippen molar-refractivity contribution >= 4 is 11.8 Å². The Labute approximate surface area is 121 Å². The Morgan fingerprint density at radius 3 is 2.70 bits per heavy atom. The highest BCUT2D eigenvalue weighted by Crippen LogP contribution is 2.26. The smallest absolute Gasteiger partial charge is 0.225 e. The molecule has 20 heavy (non-hydrogen) atoms. The normalized spacial score (nSPS) is 23.8. The number of nitrogens with zero attached hydrogens (tertiary/aromatic N) is 1. The molecule has 0 aromatic rings. The summed E-state index contributed by atoms with van der Waals surface area (Å²) in [5, 5.41) is 3.00. The Bertz CT molecular complexity index is 421. The van der Waals surface area contributed by atoms with Crippen molar-refractivity contribution in [3.8, 4) is 0 Å². The lowest BCUT2D eigenvalue weighted by atomic mass is 9.99. The zero-order valence-electron chi connectivity index (χ0n) is 12.9. The molecule has 4 heteroatoms. The molecule has 2 rings (SSSR count). The van der Waals surface area contributed by atoms with E-state index in [0.29, 0.717) is 19.5 Å².